The van der Waals surface area contributed by atoms with Crippen molar-refractivity contribution in [2.24, 2.45) is 0 Å². The normalized spacial score (nSPS) is 11.6. The second-order valence-corrected chi connectivity index (χ2v) is 6.61. The zero-order valence-electron chi connectivity index (χ0n) is 12.9. The molecular weight excluding hydrogens is 286 g/mol. The predicted molar refractivity (Wildman–Crippen MR) is 83.5 cm³/mol. The van der Waals surface area contributed by atoms with Crippen molar-refractivity contribution in [2.45, 2.75) is 32.1 Å². The number of benzene rings is 1. The van der Waals surface area contributed by atoms with E-state index < -0.39 is 10.0 Å². The summed E-state index contributed by atoms with van der Waals surface area (Å²) in [5.74, 6) is 0. The standard InChI is InChI=1S/C15H23N3O2S/c1-4-18(5-2)10-6-9-17-21(19,20)15-11-14(12-16)8-7-13(15)3/h7-8,11,17H,4-6,9-10H2,1-3H3. The lowest BCUT2D eigenvalue weighted by molar-refractivity contribution is 0.300. The summed E-state index contributed by atoms with van der Waals surface area (Å²) in [4.78, 5) is 2.43. The third kappa shape index (κ3) is 5.12. The van der Waals surface area contributed by atoms with Gasteiger partial charge >= 0.3 is 0 Å². The van der Waals surface area contributed by atoms with Crippen LogP contribution in [0.25, 0.3) is 0 Å². The van der Waals surface area contributed by atoms with E-state index in [2.05, 4.69) is 23.5 Å². The third-order valence-corrected chi connectivity index (χ3v) is 5.05. The first-order valence-corrected chi connectivity index (χ1v) is 8.65. The molecule has 0 aliphatic rings. The number of nitrogens with zero attached hydrogens (tertiary/aromatic N) is 2. The van der Waals surface area contributed by atoms with Gasteiger partial charge in [-0.3, -0.25) is 0 Å². The Morgan fingerprint density at radius 2 is 1.95 bits per heavy atom. The Morgan fingerprint density at radius 1 is 1.29 bits per heavy atom. The summed E-state index contributed by atoms with van der Waals surface area (Å²) >= 11 is 0. The summed E-state index contributed by atoms with van der Waals surface area (Å²) in [6, 6.07) is 6.66. The SMILES string of the molecule is CCN(CC)CCCNS(=O)(=O)c1cc(C#N)ccc1C. The minimum atomic E-state index is -3.55. The highest BCUT2D eigenvalue weighted by molar-refractivity contribution is 7.89. The fourth-order valence-corrected chi connectivity index (χ4v) is 3.43. The molecule has 0 radical (unpaired) electrons. The lowest BCUT2D eigenvalue weighted by Crippen LogP contribution is -2.30. The number of nitrogens with one attached hydrogen (secondary N) is 1. The molecule has 0 aromatic heterocycles. The van der Waals surface area contributed by atoms with E-state index in [-0.39, 0.29) is 4.90 Å². The Kier molecular flexibility index (Phi) is 6.82. The third-order valence-electron chi connectivity index (χ3n) is 3.44. The van der Waals surface area contributed by atoms with Crippen molar-refractivity contribution >= 4 is 10.0 Å². The molecule has 0 fully saturated rings. The Labute approximate surface area is 127 Å². The average Bonchev–Trinajstić information content (AvgIpc) is 2.47. The first-order chi connectivity index (χ1) is 9.94. The molecule has 0 saturated heterocycles. The second-order valence-electron chi connectivity index (χ2n) is 4.87. The molecule has 1 rings (SSSR count). The summed E-state index contributed by atoms with van der Waals surface area (Å²) in [5.41, 5.74) is 0.995. The highest BCUT2D eigenvalue weighted by atomic mass is 32.2. The van der Waals surface area contributed by atoms with Gasteiger partial charge in [0.25, 0.3) is 0 Å². The molecule has 0 saturated carbocycles. The van der Waals surface area contributed by atoms with Crippen LogP contribution < -0.4 is 4.72 Å². The molecule has 21 heavy (non-hydrogen) atoms. The summed E-state index contributed by atoms with van der Waals surface area (Å²) in [5, 5.41) is 8.88. The van der Waals surface area contributed by atoms with Crippen LogP contribution in [0, 0.1) is 18.3 Å². The van der Waals surface area contributed by atoms with Gasteiger partial charge in [-0.2, -0.15) is 5.26 Å². The summed E-state index contributed by atoms with van der Waals surface area (Å²) in [7, 11) is -3.55. The van der Waals surface area contributed by atoms with E-state index in [9.17, 15) is 8.42 Å². The van der Waals surface area contributed by atoms with Crippen LogP contribution in [-0.2, 0) is 10.0 Å². The molecule has 0 amide bonds. The van der Waals surface area contributed by atoms with Gasteiger partial charge in [-0.15, -0.1) is 0 Å². The predicted octanol–water partition coefficient (Wildman–Crippen LogP) is 1.88. The molecule has 6 heteroatoms. The summed E-state index contributed by atoms with van der Waals surface area (Å²) in [6.07, 6.45) is 0.762. The molecule has 0 spiro atoms. The maximum atomic E-state index is 12.3. The smallest absolute Gasteiger partial charge is 0.240 e. The molecule has 0 unspecified atom stereocenters. The zero-order valence-corrected chi connectivity index (χ0v) is 13.7. The topological polar surface area (TPSA) is 73.2 Å². The Balaban J connectivity index is 2.68. The molecule has 0 heterocycles. The van der Waals surface area contributed by atoms with Crippen molar-refractivity contribution in [3.63, 3.8) is 0 Å². The van der Waals surface area contributed by atoms with E-state index in [0.717, 1.165) is 26.1 Å². The van der Waals surface area contributed by atoms with Crippen LogP contribution in [0.15, 0.2) is 23.1 Å². The van der Waals surface area contributed by atoms with Gasteiger partial charge in [-0.1, -0.05) is 19.9 Å². The number of rotatable bonds is 8. The molecule has 0 aliphatic carbocycles. The summed E-state index contributed by atoms with van der Waals surface area (Å²) in [6.45, 7) is 9.10. The first-order valence-electron chi connectivity index (χ1n) is 7.17. The second kappa shape index (κ2) is 8.13. The van der Waals surface area contributed by atoms with E-state index in [1.165, 1.54) is 6.07 Å². The monoisotopic (exact) mass is 309 g/mol. The Morgan fingerprint density at radius 3 is 2.52 bits per heavy atom. The van der Waals surface area contributed by atoms with Crippen molar-refractivity contribution in [1.29, 1.82) is 5.26 Å². The Hall–Kier alpha value is -1.42. The largest absolute Gasteiger partial charge is 0.304 e. The van der Waals surface area contributed by atoms with Gasteiger partial charge in [0, 0.05) is 6.54 Å². The fraction of sp³-hybridized carbons (Fsp3) is 0.533. The maximum absolute atomic E-state index is 12.3. The van der Waals surface area contributed by atoms with Crippen LogP contribution in [0.1, 0.15) is 31.4 Å². The van der Waals surface area contributed by atoms with Gasteiger partial charge in [0.1, 0.15) is 0 Å². The van der Waals surface area contributed by atoms with Crippen molar-refractivity contribution in [3.05, 3.63) is 29.3 Å². The molecule has 1 aromatic carbocycles. The van der Waals surface area contributed by atoms with Gasteiger partial charge in [-0.05, 0) is 50.7 Å². The van der Waals surface area contributed by atoms with Crippen LogP contribution in [0.2, 0.25) is 0 Å². The number of hydrogen-bond acceptors (Lipinski definition) is 4. The van der Waals surface area contributed by atoms with Gasteiger partial charge < -0.3 is 4.90 Å². The van der Waals surface area contributed by atoms with E-state index >= 15 is 0 Å². The molecule has 1 N–H and O–H groups in total. The maximum Gasteiger partial charge on any atom is 0.240 e. The number of sulfonamides is 1. The molecule has 0 aliphatic heterocycles. The molecule has 0 atom stereocenters. The number of aryl methyl sites for hydroxylation is 1. The average molecular weight is 309 g/mol. The lowest BCUT2D eigenvalue weighted by Gasteiger charge is -2.17. The molecule has 0 bridgehead atoms. The highest BCUT2D eigenvalue weighted by Gasteiger charge is 2.16. The van der Waals surface area contributed by atoms with Crippen LogP contribution >= 0.6 is 0 Å². The molecule has 116 valence electrons. The van der Waals surface area contributed by atoms with Crippen LogP contribution in [0.3, 0.4) is 0 Å². The van der Waals surface area contributed by atoms with Gasteiger partial charge in [0.15, 0.2) is 0 Å². The van der Waals surface area contributed by atoms with E-state index in [1.54, 1.807) is 19.1 Å². The van der Waals surface area contributed by atoms with Crippen LogP contribution in [0.5, 0.6) is 0 Å². The number of hydrogen-bond donors (Lipinski definition) is 1. The van der Waals surface area contributed by atoms with Crippen molar-refractivity contribution in [2.75, 3.05) is 26.2 Å². The fourth-order valence-electron chi connectivity index (χ4n) is 2.09. The zero-order chi connectivity index (χ0) is 15.9. The van der Waals surface area contributed by atoms with E-state index in [4.69, 9.17) is 5.26 Å². The quantitative estimate of drug-likeness (QED) is 0.744. The molecule has 5 nitrogen and oxygen atoms in total. The van der Waals surface area contributed by atoms with Gasteiger partial charge in [-0.25, -0.2) is 13.1 Å². The van der Waals surface area contributed by atoms with E-state index in [1.807, 2.05) is 6.07 Å². The van der Waals surface area contributed by atoms with Crippen molar-refractivity contribution in [1.82, 2.24) is 9.62 Å². The highest BCUT2D eigenvalue weighted by Crippen LogP contribution is 2.16. The van der Waals surface area contributed by atoms with Gasteiger partial charge in [0.05, 0.1) is 16.5 Å². The van der Waals surface area contributed by atoms with Gasteiger partial charge in [0.2, 0.25) is 10.0 Å². The summed E-state index contributed by atoms with van der Waals surface area (Å²) < 4.78 is 27.1. The minimum absolute atomic E-state index is 0.185. The van der Waals surface area contributed by atoms with Crippen LogP contribution in [-0.4, -0.2) is 39.5 Å². The van der Waals surface area contributed by atoms with E-state index in [0.29, 0.717) is 17.7 Å². The number of nitriles is 1. The van der Waals surface area contributed by atoms with Crippen molar-refractivity contribution < 1.29 is 8.42 Å². The molecular formula is C15H23N3O2S. The lowest BCUT2D eigenvalue weighted by atomic mass is 10.2. The molecule has 1 aromatic rings. The minimum Gasteiger partial charge on any atom is -0.304 e. The first kappa shape index (κ1) is 17.6. The Bertz CT molecular complexity index is 602. The van der Waals surface area contributed by atoms with Crippen molar-refractivity contribution in [3.8, 4) is 6.07 Å². The van der Waals surface area contributed by atoms with Crippen LogP contribution in [0.4, 0.5) is 0 Å².